The van der Waals surface area contributed by atoms with E-state index >= 15 is 0 Å². The summed E-state index contributed by atoms with van der Waals surface area (Å²) in [6.07, 6.45) is 0. The molecule has 0 radical (unpaired) electrons. The number of thiophene rings is 1. The van der Waals surface area contributed by atoms with E-state index in [1.165, 1.54) is 43.5 Å². The third kappa shape index (κ3) is 7.97. The van der Waals surface area contributed by atoms with Gasteiger partial charge in [-0.15, -0.1) is 11.3 Å². The van der Waals surface area contributed by atoms with Crippen molar-refractivity contribution in [3.05, 3.63) is 136 Å². The van der Waals surface area contributed by atoms with Gasteiger partial charge in [0.05, 0.1) is 22.1 Å². The fourth-order valence-corrected chi connectivity index (χ4v) is 7.72. The summed E-state index contributed by atoms with van der Waals surface area (Å²) in [6.45, 7) is 27.3. The Morgan fingerprint density at radius 1 is 0.519 bits per heavy atom. The number of anilines is 5. The summed E-state index contributed by atoms with van der Waals surface area (Å²) in [5.74, 6) is 0. The van der Waals surface area contributed by atoms with E-state index in [2.05, 4.69) is 202 Å². The zero-order valence-electron chi connectivity index (χ0n) is 33.1. The molecular weight excluding hydrogens is 672 g/mol. The molecule has 0 amide bonds. The number of fused-ring (bicyclic) bond motifs is 1. The lowest BCUT2D eigenvalue weighted by atomic mass is 9.79. The lowest BCUT2D eigenvalue weighted by molar-refractivity contribution is 0.569. The molecule has 0 spiro atoms. The molecule has 0 bridgehead atoms. The van der Waals surface area contributed by atoms with Crippen molar-refractivity contribution in [2.75, 3.05) is 10.2 Å². The van der Waals surface area contributed by atoms with Crippen LogP contribution >= 0.6 is 22.9 Å². The smallest absolute Gasteiger partial charge is 0.0881 e. The summed E-state index contributed by atoms with van der Waals surface area (Å²) in [6, 6.07) is 37.9. The van der Waals surface area contributed by atoms with Crippen LogP contribution in [0.3, 0.4) is 0 Å². The van der Waals surface area contributed by atoms with Crippen LogP contribution in [0.2, 0.25) is 5.02 Å². The SMILES string of the molecule is CC(C)(C)c1ccc(N(c2cccc(Nc3cccc(-c4cc(C(C)(C)C)cc(C(C)(C)C)c4)c3)c2Cl)c2csc3ccc(C(C)(C)C)cc23)cc1. The van der Waals surface area contributed by atoms with Crippen LogP contribution in [0.1, 0.15) is 105 Å². The Labute approximate surface area is 321 Å². The summed E-state index contributed by atoms with van der Waals surface area (Å²) < 4.78 is 1.26. The maximum atomic E-state index is 7.48. The van der Waals surface area contributed by atoms with Crippen LogP contribution in [0.25, 0.3) is 21.2 Å². The van der Waals surface area contributed by atoms with Crippen molar-refractivity contribution in [3.63, 3.8) is 0 Å². The number of nitrogens with one attached hydrogen (secondary N) is 1. The van der Waals surface area contributed by atoms with E-state index in [4.69, 9.17) is 11.6 Å². The average molecular weight is 728 g/mol. The highest BCUT2D eigenvalue weighted by Gasteiger charge is 2.24. The number of halogens is 1. The largest absolute Gasteiger partial charge is 0.354 e. The molecule has 0 atom stereocenters. The molecule has 52 heavy (non-hydrogen) atoms. The quantitative estimate of drug-likeness (QED) is 0.184. The summed E-state index contributed by atoms with van der Waals surface area (Å²) >= 11 is 9.25. The Bertz CT molecular complexity index is 2180. The molecule has 1 N–H and O–H groups in total. The van der Waals surface area contributed by atoms with Crippen LogP contribution in [0.15, 0.2) is 109 Å². The predicted molar refractivity (Wildman–Crippen MR) is 231 cm³/mol. The number of benzene rings is 5. The van der Waals surface area contributed by atoms with Gasteiger partial charge in [-0.3, -0.25) is 0 Å². The van der Waals surface area contributed by atoms with Gasteiger partial charge in [-0.1, -0.05) is 149 Å². The molecule has 0 saturated carbocycles. The van der Waals surface area contributed by atoms with Gasteiger partial charge >= 0.3 is 0 Å². The molecule has 0 aliphatic carbocycles. The fourth-order valence-electron chi connectivity index (χ4n) is 6.56. The highest BCUT2D eigenvalue weighted by Crippen LogP contribution is 2.47. The molecule has 2 nitrogen and oxygen atoms in total. The number of hydrogen-bond donors (Lipinski definition) is 1. The molecule has 1 heterocycles. The van der Waals surface area contributed by atoms with Crippen molar-refractivity contribution in [1.29, 1.82) is 0 Å². The molecule has 4 heteroatoms. The monoisotopic (exact) mass is 726 g/mol. The number of hydrogen-bond acceptors (Lipinski definition) is 3. The molecule has 0 fully saturated rings. The second-order valence-corrected chi connectivity index (χ2v) is 19.6. The van der Waals surface area contributed by atoms with E-state index in [1.54, 1.807) is 11.3 Å². The molecule has 0 unspecified atom stereocenters. The van der Waals surface area contributed by atoms with Gasteiger partial charge in [-0.05, 0) is 104 Å². The zero-order valence-corrected chi connectivity index (χ0v) is 34.7. The van der Waals surface area contributed by atoms with E-state index in [1.807, 2.05) is 0 Å². The topological polar surface area (TPSA) is 15.3 Å². The Hall–Kier alpha value is -4.05. The Morgan fingerprint density at radius 2 is 1.10 bits per heavy atom. The fraction of sp³-hybridized carbons (Fsp3) is 0.333. The third-order valence-electron chi connectivity index (χ3n) is 10.0. The minimum atomic E-state index is 0.0327. The number of rotatable bonds is 6. The first kappa shape index (κ1) is 37.7. The molecule has 6 rings (SSSR count). The second kappa shape index (κ2) is 13.7. The van der Waals surface area contributed by atoms with Gasteiger partial charge in [0.1, 0.15) is 0 Å². The van der Waals surface area contributed by atoms with Crippen molar-refractivity contribution in [2.45, 2.75) is 105 Å². The first-order chi connectivity index (χ1) is 24.2. The van der Waals surface area contributed by atoms with Crippen LogP contribution in [-0.4, -0.2) is 0 Å². The minimum absolute atomic E-state index is 0.0327. The third-order valence-corrected chi connectivity index (χ3v) is 11.4. The van der Waals surface area contributed by atoms with Crippen LogP contribution in [-0.2, 0) is 21.7 Å². The van der Waals surface area contributed by atoms with Gasteiger partial charge in [0, 0.05) is 26.8 Å². The molecule has 0 saturated heterocycles. The summed E-state index contributed by atoms with van der Waals surface area (Å²) in [5, 5.41) is 7.87. The molecule has 0 aliphatic rings. The van der Waals surface area contributed by atoms with Crippen molar-refractivity contribution in [2.24, 2.45) is 0 Å². The van der Waals surface area contributed by atoms with Crippen LogP contribution < -0.4 is 10.2 Å². The molecule has 5 aromatic carbocycles. The van der Waals surface area contributed by atoms with E-state index < -0.39 is 0 Å². The zero-order chi connectivity index (χ0) is 37.8. The molecular formula is C48H55ClN2S. The van der Waals surface area contributed by atoms with Gasteiger partial charge in [0.2, 0.25) is 0 Å². The van der Waals surface area contributed by atoms with E-state index in [0.717, 1.165) is 28.4 Å². The maximum Gasteiger partial charge on any atom is 0.0881 e. The van der Waals surface area contributed by atoms with Gasteiger partial charge < -0.3 is 10.2 Å². The van der Waals surface area contributed by atoms with Crippen LogP contribution in [0, 0.1) is 0 Å². The Kier molecular flexibility index (Phi) is 9.96. The normalized spacial score (nSPS) is 12.7. The van der Waals surface area contributed by atoms with Crippen LogP contribution in [0.4, 0.5) is 28.4 Å². The van der Waals surface area contributed by atoms with Crippen molar-refractivity contribution < 1.29 is 0 Å². The summed E-state index contributed by atoms with van der Waals surface area (Å²) in [4.78, 5) is 2.33. The Morgan fingerprint density at radius 3 is 1.69 bits per heavy atom. The van der Waals surface area contributed by atoms with Gasteiger partial charge in [-0.2, -0.15) is 0 Å². The lowest BCUT2D eigenvalue weighted by Gasteiger charge is -2.28. The van der Waals surface area contributed by atoms with E-state index in [-0.39, 0.29) is 21.7 Å². The summed E-state index contributed by atoms with van der Waals surface area (Å²) in [7, 11) is 0. The lowest BCUT2D eigenvalue weighted by Crippen LogP contribution is -2.16. The highest BCUT2D eigenvalue weighted by molar-refractivity contribution is 7.17. The average Bonchev–Trinajstić information content (AvgIpc) is 3.48. The first-order valence-electron chi connectivity index (χ1n) is 18.4. The second-order valence-electron chi connectivity index (χ2n) is 18.4. The van der Waals surface area contributed by atoms with Crippen molar-refractivity contribution in [1.82, 2.24) is 0 Å². The summed E-state index contributed by atoms with van der Waals surface area (Å²) in [5.41, 5.74) is 12.9. The Balaban J connectivity index is 1.44. The predicted octanol–water partition coefficient (Wildman–Crippen LogP) is 15.6. The van der Waals surface area contributed by atoms with Gasteiger partial charge in [0.15, 0.2) is 0 Å². The first-order valence-corrected chi connectivity index (χ1v) is 19.7. The molecule has 6 aromatic rings. The minimum Gasteiger partial charge on any atom is -0.354 e. The van der Waals surface area contributed by atoms with E-state index in [0.29, 0.717) is 5.02 Å². The number of nitrogens with zero attached hydrogens (tertiary/aromatic N) is 1. The van der Waals surface area contributed by atoms with E-state index in [9.17, 15) is 0 Å². The van der Waals surface area contributed by atoms with Crippen LogP contribution in [0.5, 0.6) is 0 Å². The standard InChI is InChI=1S/C48H55ClN2S/c1-45(2,3)33-19-22-38(23-20-33)51(42-30-52-43-24-21-34(29-39(42)43)46(4,5)6)41-18-14-17-40(44(41)49)50-37-16-13-15-31(27-37)32-25-35(47(7,8)9)28-36(26-32)48(10,11)12/h13-30,50H,1-12H3. The maximum absolute atomic E-state index is 7.48. The molecule has 1 aromatic heterocycles. The molecule has 0 aliphatic heterocycles. The van der Waals surface area contributed by atoms with Gasteiger partial charge in [0.25, 0.3) is 0 Å². The van der Waals surface area contributed by atoms with Crippen molar-refractivity contribution in [3.8, 4) is 11.1 Å². The van der Waals surface area contributed by atoms with Crippen molar-refractivity contribution >= 4 is 61.5 Å². The molecule has 270 valence electrons. The van der Waals surface area contributed by atoms with Gasteiger partial charge in [-0.25, -0.2) is 0 Å². The highest BCUT2D eigenvalue weighted by atomic mass is 35.5.